The number of nitrogens with zero attached hydrogens (tertiary/aromatic N) is 3. The van der Waals surface area contributed by atoms with Gasteiger partial charge in [0.15, 0.2) is 5.72 Å². The van der Waals surface area contributed by atoms with Crippen molar-refractivity contribution in [2.24, 2.45) is 11.7 Å². The van der Waals surface area contributed by atoms with Crippen LogP contribution in [-0.4, -0.2) is 177 Å². The van der Waals surface area contributed by atoms with Gasteiger partial charge in [0.1, 0.15) is 58.6 Å². The summed E-state index contributed by atoms with van der Waals surface area (Å²) in [6.07, 6.45) is -0.712. The number of aliphatic hydroxyl groups is 1. The summed E-state index contributed by atoms with van der Waals surface area (Å²) in [5.41, 5.74) is 3.03. The predicted octanol–water partition coefficient (Wildman–Crippen LogP) is 5.17. The number of alkyl carbamates (subject to hydrolysis) is 1. The number of methoxy groups -OCH3 is 3. The number of imide groups is 1. The maximum atomic E-state index is 16.3. The number of ether oxygens (including phenoxy) is 6. The van der Waals surface area contributed by atoms with E-state index in [4.69, 9.17) is 62.2 Å². The van der Waals surface area contributed by atoms with Crippen LogP contribution in [0, 0.1) is 11.7 Å². The standard InChI is InChI=1S/C61H80Cl2FN9O18/c1-31-16-14-19-45(87-11)61(84)30-44(88-59(83)70-61)33(3)53-60(6,90-53)46(29-49(76)72(8)42-25-36(24-31)26-43(86-10)51(42)63)89-57(81)34(4)71(7)56(80)37-27-39(64)41(28-38(37)62)69-54(78)40(18-15-23-66-58(65)82)68-55(79)52(35(5)85-9)67-32(2)17-12-13-20-50(77)91-73-47(74)21-22-48(73)75/h14,16,19,25-28,33-35,40,44-46,52-53,67,84H,2,12-13,15,17-18,20-24,29-30H2,1,3-11H3,(H,68,79)(H,69,78)(H,70,83)(H3,65,66,82)/b19-14+,31-16+/t33-,34+,35?,40+,44+,45-,46+,52+,53+,60+,61+/m1/s1. The molecule has 11 atom stereocenters. The Kier molecular flexibility index (Phi) is 24.9. The molecule has 8 N–H and O–H groups in total. The Hall–Kier alpha value is -7.89. The quantitative estimate of drug-likeness (QED) is 0.0308. The van der Waals surface area contributed by atoms with Crippen molar-refractivity contribution >= 4 is 94.1 Å². The van der Waals surface area contributed by atoms with Crippen molar-refractivity contribution < 1.29 is 90.7 Å². The molecule has 2 aromatic carbocycles. The Morgan fingerprint density at radius 2 is 1.66 bits per heavy atom. The van der Waals surface area contributed by atoms with E-state index in [1.54, 1.807) is 51.1 Å². The third-order valence-electron chi connectivity index (χ3n) is 16.4. The Morgan fingerprint density at radius 1 is 0.978 bits per heavy atom. The van der Waals surface area contributed by atoms with Gasteiger partial charge in [-0.25, -0.2) is 23.6 Å². The van der Waals surface area contributed by atoms with Crippen LogP contribution >= 0.6 is 23.2 Å². The Labute approximate surface area is 536 Å². The van der Waals surface area contributed by atoms with Crippen LogP contribution in [0.1, 0.15) is 115 Å². The molecule has 6 rings (SSSR count). The Balaban J connectivity index is 1.18. The Morgan fingerprint density at radius 3 is 2.31 bits per heavy atom. The molecule has 0 aliphatic carbocycles. The molecule has 2 aromatic rings. The highest BCUT2D eigenvalue weighted by Gasteiger charge is 2.64. The third kappa shape index (κ3) is 18.2. The number of amides is 9. The number of halogens is 3. The lowest BCUT2D eigenvalue weighted by molar-refractivity contribution is -0.197. The first-order valence-corrected chi connectivity index (χ1v) is 30.2. The monoisotopic (exact) mass is 1320 g/mol. The molecule has 9 amide bonds. The number of hydrogen-bond donors (Lipinski definition) is 7. The molecule has 3 fully saturated rings. The van der Waals surface area contributed by atoms with Crippen molar-refractivity contribution in [3.05, 3.63) is 87.3 Å². The summed E-state index contributed by atoms with van der Waals surface area (Å²) in [4.78, 5) is 139. The maximum absolute atomic E-state index is 16.3. The number of unbranched alkanes of at least 4 members (excludes halogenated alkanes) is 1. The molecule has 4 bridgehead atoms. The summed E-state index contributed by atoms with van der Waals surface area (Å²) in [7, 11) is 6.86. The van der Waals surface area contributed by atoms with Crippen LogP contribution in [0.2, 0.25) is 10.0 Å². The van der Waals surface area contributed by atoms with E-state index in [0.29, 0.717) is 29.2 Å². The largest absolute Gasteiger partial charge is 0.495 e. The van der Waals surface area contributed by atoms with Gasteiger partial charge < -0.3 is 75.2 Å². The summed E-state index contributed by atoms with van der Waals surface area (Å²) < 4.78 is 51.1. The molecule has 0 saturated carbocycles. The van der Waals surface area contributed by atoms with E-state index >= 15 is 4.39 Å². The topological polar surface area (TPSA) is 355 Å². The van der Waals surface area contributed by atoms with Crippen molar-refractivity contribution in [2.45, 2.75) is 165 Å². The zero-order chi connectivity index (χ0) is 67.4. The zero-order valence-corrected chi connectivity index (χ0v) is 53.9. The van der Waals surface area contributed by atoms with Crippen LogP contribution in [-0.2, 0) is 68.5 Å². The lowest BCUT2D eigenvalue weighted by atomic mass is 9.83. The highest BCUT2D eigenvalue weighted by Crippen LogP contribution is 2.49. The van der Waals surface area contributed by atoms with Gasteiger partial charge in [-0.3, -0.25) is 34.1 Å². The van der Waals surface area contributed by atoms with E-state index < -0.39 is 149 Å². The van der Waals surface area contributed by atoms with Gasteiger partial charge in [-0.15, -0.1) is 5.06 Å². The number of allylic oxidation sites excluding steroid dienone is 4. The van der Waals surface area contributed by atoms with Crippen molar-refractivity contribution in [1.82, 2.24) is 31.2 Å². The van der Waals surface area contributed by atoms with E-state index in [1.165, 1.54) is 47.2 Å². The van der Waals surface area contributed by atoms with Crippen molar-refractivity contribution in [2.75, 3.05) is 52.2 Å². The number of carbonyl (C=O) groups excluding carboxylic acids is 10. The molecule has 4 aliphatic rings. The first kappa shape index (κ1) is 72.2. The lowest BCUT2D eigenvalue weighted by Gasteiger charge is -2.42. The molecular formula is C61H80Cl2FN9O18. The normalized spacial score (nSPS) is 24.7. The van der Waals surface area contributed by atoms with Gasteiger partial charge in [-0.05, 0) is 96.0 Å². The summed E-state index contributed by atoms with van der Waals surface area (Å²) in [6, 6.07) is 0.257. The molecule has 27 nitrogen and oxygen atoms in total. The molecule has 30 heteroatoms. The van der Waals surface area contributed by atoms with Crippen LogP contribution in [0.15, 0.2) is 60.3 Å². The maximum Gasteiger partial charge on any atom is 0.409 e. The Bertz CT molecular complexity index is 3190. The lowest BCUT2D eigenvalue weighted by Crippen LogP contribution is -2.63. The number of anilines is 2. The summed E-state index contributed by atoms with van der Waals surface area (Å²) in [5.74, 6) is -7.88. The van der Waals surface area contributed by atoms with E-state index in [2.05, 4.69) is 33.2 Å². The zero-order valence-electron chi connectivity index (χ0n) is 52.4. The number of fused-ring (bicyclic) bond motifs is 5. The van der Waals surface area contributed by atoms with Crippen LogP contribution in [0.3, 0.4) is 0 Å². The van der Waals surface area contributed by atoms with E-state index in [9.17, 15) is 53.1 Å². The number of hydrogen-bond acceptors (Lipinski definition) is 19. The van der Waals surface area contributed by atoms with Crippen molar-refractivity contribution in [1.29, 1.82) is 0 Å². The number of hydroxylamine groups is 2. The number of nitrogens with one attached hydrogen (secondary N) is 5. The van der Waals surface area contributed by atoms with Gasteiger partial charge in [0.05, 0.1) is 47.7 Å². The number of urea groups is 1. The third-order valence-corrected chi connectivity index (χ3v) is 17.1. The van der Waals surface area contributed by atoms with Gasteiger partial charge in [-0.1, -0.05) is 60.5 Å². The second-order valence-electron chi connectivity index (χ2n) is 23.0. The van der Waals surface area contributed by atoms with Gasteiger partial charge in [0.2, 0.25) is 17.7 Å². The fourth-order valence-electron chi connectivity index (χ4n) is 10.7. The van der Waals surface area contributed by atoms with Crippen LogP contribution in [0.25, 0.3) is 0 Å². The number of likely N-dealkylation sites (N-methyl/N-ethyl adjacent to an activating group) is 1. The van der Waals surface area contributed by atoms with E-state index in [1.807, 2.05) is 6.92 Å². The molecular weight excluding hydrogens is 1240 g/mol. The predicted molar refractivity (Wildman–Crippen MR) is 327 cm³/mol. The fourth-order valence-corrected chi connectivity index (χ4v) is 11.2. The molecule has 4 aliphatic heterocycles. The molecule has 3 saturated heterocycles. The number of nitrogens with two attached hydrogens (primary N) is 1. The van der Waals surface area contributed by atoms with Gasteiger partial charge >= 0.3 is 24.1 Å². The number of rotatable bonds is 24. The summed E-state index contributed by atoms with van der Waals surface area (Å²) >= 11 is 13.5. The van der Waals surface area contributed by atoms with E-state index in [0.717, 1.165) is 22.6 Å². The molecule has 4 heterocycles. The van der Waals surface area contributed by atoms with Gasteiger partial charge in [0, 0.05) is 72.2 Å². The minimum Gasteiger partial charge on any atom is -0.495 e. The molecule has 0 aromatic heterocycles. The first-order chi connectivity index (χ1) is 42.9. The van der Waals surface area contributed by atoms with Crippen molar-refractivity contribution in [3.63, 3.8) is 0 Å². The second kappa shape index (κ2) is 31.4. The number of benzene rings is 2. The first-order valence-electron chi connectivity index (χ1n) is 29.4. The highest BCUT2D eigenvalue weighted by molar-refractivity contribution is 6.35. The molecule has 0 spiro atoms. The minimum absolute atomic E-state index is 0.0185. The average molecular weight is 1320 g/mol. The van der Waals surface area contributed by atoms with Crippen LogP contribution < -0.4 is 42.0 Å². The van der Waals surface area contributed by atoms with Gasteiger partial charge in [0.25, 0.3) is 17.7 Å². The second-order valence-corrected chi connectivity index (χ2v) is 23.8. The smallest absolute Gasteiger partial charge is 0.409 e. The summed E-state index contributed by atoms with van der Waals surface area (Å²) in [6.45, 7) is 12.0. The SMILES string of the molecule is C=C(CCCCC(=O)ON1C(=O)CCC1=O)N[C@H](C(=O)N[C@@H](CCCNC(N)=O)C(=O)Nc1cc(Cl)c(C(=O)N(C)[C@@H](C)C(=O)O[C@H]2CC(=O)N(C)c3cc(cc(OC)c3Cl)C/C(C)=C/C=C/[C@@H](OC)[C@@]3(O)C[C@H](OC(=O)N3)[C@@H](C)[C@@H]3O[C@@]23C)cc1F)C(C)OC. The van der Waals surface area contributed by atoms with Crippen LogP contribution in [0.4, 0.5) is 25.4 Å². The summed E-state index contributed by atoms with van der Waals surface area (Å²) in [5, 5.41) is 25.0. The molecule has 91 heavy (non-hydrogen) atoms. The number of carbonyl (C=O) groups is 10. The molecule has 0 radical (unpaired) electrons. The average Bonchev–Trinajstić information content (AvgIpc) is 1.60. The van der Waals surface area contributed by atoms with Crippen LogP contribution in [0.5, 0.6) is 5.75 Å². The number of esters is 1. The highest BCUT2D eigenvalue weighted by atomic mass is 35.5. The molecule has 498 valence electrons. The van der Waals surface area contributed by atoms with Gasteiger partial charge in [-0.2, -0.15) is 0 Å². The van der Waals surface area contributed by atoms with Crippen molar-refractivity contribution in [3.8, 4) is 5.75 Å². The number of epoxide rings is 1. The molecule has 1 unspecified atom stereocenters. The minimum atomic E-state index is -1.96. The number of primary amides is 1. The fraction of sp³-hybridized carbons (Fsp3) is 0.541. The van der Waals surface area contributed by atoms with E-state index in [-0.39, 0.29) is 79.4 Å².